The third-order valence-corrected chi connectivity index (χ3v) is 13.1. The predicted octanol–water partition coefficient (Wildman–Crippen LogP) is 11.5. The predicted molar refractivity (Wildman–Crippen MR) is 254 cm³/mol. The molecule has 340 valence electrons. The molecule has 1 fully saturated rings. The zero-order valence-electron chi connectivity index (χ0n) is 37.4. The highest BCUT2D eigenvalue weighted by molar-refractivity contribution is 6.03. The number of unbranched alkanes of at least 4 members (excludes halogenated alkanes) is 2. The fourth-order valence-corrected chi connectivity index (χ4v) is 10.3. The zero-order chi connectivity index (χ0) is 45.0. The summed E-state index contributed by atoms with van der Waals surface area (Å²) in [6.07, 6.45) is 9.22. The number of carbonyl (C=O) groups is 1. The van der Waals surface area contributed by atoms with Gasteiger partial charge in [0.2, 0.25) is 5.79 Å². The normalized spacial score (nSPS) is 22.5. The van der Waals surface area contributed by atoms with Crippen molar-refractivity contribution in [2.24, 2.45) is 22.9 Å². The molecule has 0 spiro atoms. The van der Waals surface area contributed by atoms with E-state index >= 15 is 0 Å². The molecule has 5 aromatic carbocycles. The second-order valence-corrected chi connectivity index (χ2v) is 17.4. The molecule has 1 amide bonds. The molecule has 6 unspecified atom stereocenters. The first-order valence-corrected chi connectivity index (χ1v) is 23.3. The molecule has 1 saturated carbocycles. The number of oxime groups is 1. The molecule has 0 aromatic heterocycles. The Labute approximate surface area is 383 Å². The molecule has 0 saturated heterocycles. The molecular weight excluding hydrogens is 817 g/mol. The second kappa shape index (κ2) is 21.8. The van der Waals surface area contributed by atoms with E-state index in [2.05, 4.69) is 43.0 Å². The number of benzene rings is 5. The molecule has 2 aliphatic carbocycles. The van der Waals surface area contributed by atoms with E-state index in [-0.39, 0.29) is 57.2 Å². The first kappa shape index (κ1) is 45.6. The largest absolute Gasteiger partial charge is 0.459 e. The van der Waals surface area contributed by atoms with Gasteiger partial charge in [-0.25, -0.2) is 4.79 Å². The van der Waals surface area contributed by atoms with Gasteiger partial charge in [-0.05, 0) is 102 Å². The third-order valence-electron chi connectivity index (χ3n) is 13.1. The summed E-state index contributed by atoms with van der Waals surface area (Å²) in [6, 6.07) is 39.3. The van der Waals surface area contributed by atoms with E-state index in [9.17, 15) is 15.0 Å². The van der Waals surface area contributed by atoms with Gasteiger partial charge >= 0.3 is 6.09 Å². The third kappa shape index (κ3) is 10.3. The molecule has 8 rings (SSSR count). The van der Waals surface area contributed by atoms with Crippen molar-refractivity contribution in [1.29, 1.82) is 0 Å². The molecule has 0 bridgehead atoms. The van der Waals surface area contributed by atoms with Crippen molar-refractivity contribution in [3.05, 3.63) is 162 Å². The lowest BCUT2D eigenvalue weighted by molar-refractivity contribution is -0.255. The van der Waals surface area contributed by atoms with Crippen LogP contribution in [0, 0.1) is 17.8 Å². The minimum Gasteiger partial charge on any atom is -0.459 e. The van der Waals surface area contributed by atoms with Crippen molar-refractivity contribution >= 4 is 22.6 Å². The van der Waals surface area contributed by atoms with E-state index in [0.29, 0.717) is 37.3 Å². The molecule has 10 heteroatoms. The number of hydrogen-bond donors (Lipinski definition) is 2. The van der Waals surface area contributed by atoms with Crippen LogP contribution in [0.1, 0.15) is 80.9 Å². The number of rotatable bonds is 21. The number of aliphatic hydroxyl groups is 2. The Bertz CT molecular complexity index is 2420. The number of nitrogens with zero attached hydrogens (tertiary/aromatic N) is 2. The molecule has 0 radical (unpaired) electrons. The average molecular weight is 879 g/mol. The monoisotopic (exact) mass is 878 g/mol. The lowest BCUT2D eigenvalue weighted by atomic mass is 9.55. The Morgan fingerprint density at radius 1 is 0.831 bits per heavy atom. The number of carbonyl (C=O) groups excluding carboxylic acids is 1. The van der Waals surface area contributed by atoms with Crippen LogP contribution >= 0.6 is 0 Å². The van der Waals surface area contributed by atoms with Crippen molar-refractivity contribution < 1.29 is 38.8 Å². The van der Waals surface area contributed by atoms with Crippen molar-refractivity contribution in [3.63, 3.8) is 0 Å². The minimum absolute atomic E-state index is 0.0640. The van der Waals surface area contributed by atoms with Crippen LogP contribution in [0.3, 0.4) is 0 Å². The van der Waals surface area contributed by atoms with E-state index in [1.807, 2.05) is 97.9 Å². The van der Waals surface area contributed by atoms with Gasteiger partial charge in [-0.15, -0.1) is 6.58 Å². The molecule has 6 atom stereocenters. The van der Waals surface area contributed by atoms with Crippen molar-refractivity contribution in [2.45, 2.75) is 89.3 Å². The Kier molecular flexibility index (Phi) is 15.3. The smallest absolute Gasteiger partial charge is 0.410 e. The second-order valence-electron chi connectivity index (χ2n) is 17.4. The molecule has 2 N–H and O–H groups in total. The van der Waals surface area contributed by atoms with E-state index in [1.54, 1.807) is 11.0 Å². The summed E-state index contributed by atoms with van der Waals surface area (Å²) in [5.74, 6) is 0.144. The van der Waals surface area contributed by atoms with Crippen LogP contribution in [0.4, 0.5) is 4.79 Å². The highest BCUT2D eigenvalue weighted by Crippen LogP contribution is 2.62. The van der Waals surface area contributed by atoms with Gasteiger partial charge in [0.05, 0.1) is 18.2 Å². The number of hydrogen-bond acceptors (Lipinski definition) is 9. The standard InChI is InChI=1S/C55H62N2O8/c1-3-29-57(54(60)61-37-39-17-7-5-8-18-39)51-36-49(56-63-38-40-19-9-6-10-20-40)47-34-43(23-13-15-30-58)46(24-14-16-31-59)52-48-35-45(64-44-26-25-41-21-11-12-22-42(41)33-44)27-28-50(48)65-55(51,53(47)52)62-32-4-2/h4-12,17-22,25-28,33-35,43,46,51-53,58-59H,2-3,13-16,23-24,29-32,36-38H2,1H3. The number of fused-ring (bicyclic) bond motifs is 3. The van der Waals surface area contributed by atoms with Crippen LogP contribution in [0.15, 0.2) is 151 Å². The topological polar surface area (TPSA) is 119 Å². The van der Waals surface area contributed by atoms with E-state index in [1.165, 1.54) is 0 Å². The lowest BCUT2D eigenvalue weighted by Crippen LogP contribution is -2.70. The van der Waals surface area contributed by atoms with Crippen molar-refractivity contribution in [2.75, 3.05) is 26.4 Å². The lowest BCUT2D eigenvalue weighted by Gasteiger charge is -2.59. The summed E-state index contributed by atoms with van der Waals surface area (Å²) in [7, 11) is 0. The SMILES string of the molecule is C=CCOC12Oc3ccc(Oc4ccc5ccccc5c4)cc3C3C(CCCCO)C(CCCCO)C=C(C(=NOCc4ccccc4)CC1N(CCC)C(=O)OCc1ccccc1)C32. The zero-order valence-corrected chi connectivity index (χ0v) is 37.4. The van der Waals surface area contributed by atoms with Gasteiger partial charge in [-0.3, -0.25) is 4.90 Å². The molecule has 65 heavy (non-hydrogen) atoms. The Balaban J connectivity index is 1.29. The van der Waals surface area contributed by atoms with Crippen LogP contribution in [-0.2, 0) is 27.5 Å². The molecule has 5 aromatic rings. The first-order valence-electron chi connectivity index (χ1n) is 23.3. The summed E-state index contributed by atoms with van der Waals surface area (Å²) < 4.78 is 27.4. The Hall–Kier alpha value is -5.94. The van der Waals surface area contributed by atoms with E-state index in [0.717, 1.165) is 70.2 Å². The number of allylic oxidation sites excluding steroid dienone is 1. The summed E-state index contributed by atoms with van der Waals surface area (Å²) >= 11 is 0. The average Bonchev–Trinajstić information content (AvgIpc) is 3.34. The Morgan fingerprint density at radius 3 is 2.23 bits per heavy atom. The molecule has 1 aliphatic heterocycles. The summed E-state index contributed by atoms with van der Waals surface area (Å²) in [5.41, 5.74) is 4.55. The highest BCUT2D eigenvalue weighted by Gasteiger charge is 2.65. The maximum absolute atomic E-state index is 14.7. The number of amides is 1. The van der Waals surface area contributed by atoms with Crippen LogP contribution in [0.5, 0.6) is 17.2 Å². The quantitative estimate of drug-likeness (QED) is 0.0425. The Morgan fingerprint density at radius 2 is 1.51 bits per heavy atom. The van der Waals surface area contributed by atoms with Crippen molar-refractivity contribution in [3.8, 4) is 17.2 Å². The van der Waals surface area contributed by atoms with E-state index in [4.69, 9.17) is 28.9 Å². The molecule has 1 heterocycles. The molecule has 10 nitrogen and oxygen atoms in total. The fraction of sp³-hybridized carbons (Fsp3) is 0.382. The van der Waals surface area contributed by atoms with Crippen LogP contribution in [0.25, 0.3) is 10.8 Å². The van der Waals surface area contributed by atoms with Gasteiger partial charge in [0.25, 0.3) is 0 Å². The van der Waals surface area contributed by atoms with Crippen LogP contribution in [0.2, 0.25) is 0 Å². The highest BCUT2D eigenvalue weighted by atomic mass is 16.7. The maximum Gasteiger partial charge on any atom is 0.410 e. The minimum atomic E-state index is -1.40. The van der Waals surface area contributed by atoms with Crippen molar-refractivity contribution in [1.82, 2.24) is 4.90 Å². The molecule has 3 aliphatic rings. The first-order chi connectivity index (χ1) is 32.0. The van der Waals surface area contributed by atoms with Crippen LogP contribution in [-0.4, -0.2) is 65.1 Å². The van der Waals surface area contributed by atoms with Gasteiger partial charge in [-0.1, -0.05) is 128 Å². The summed E-state index contributed by atoms with van der Waals surface area (Å²) in [5, 5.41) is 27.2. The van der Waals surface area contributed by atoms with Gasteiger partial charge < -0.3 is 34.0 Å². The van der Waals surface area contributed by atoms with Gasteiger partial charge in [0, 0.05) is 37.7 Å². The molecular formula is C55H62N2O8. The maximum atomic E-state index is 14.7. The van der Waals surface area contributed by atoms with E-state index < -0.39 is 23.8 Å². The summed E-state index contributed by atoms with van der Waals surface area (Å²) in [4.78, 5) is 22.7. The van der Waals surface area contributed by atoms with Crippen LogP contribution < -0.4 is 9.47 Å². The van der Waals surface area contributed by atoms with Gasteiger partial charge in [0.15, 0.2) is 0 Å². The fourth-order valence-electron chi connectivity index (χ4n) is 10.3. The number of ether oxygens (including phenoxy) is 4. The van der Waals surface area contributed by atoms with Gasteiger partial charge in [-0.2, -0.15) is 0 Å². The van der Waals surface area contributed by atoms with Gasteiger partial charge in [0.1, 0.15) is 36.5 Å². The number of aliphatic hydroxyl groups excluding tert-OH is 2. The summed E-state index contributed by atoms with van der Waals surface area (Å²) in [6.45, 7) is 7.25.